The number of ether oxygens (including phenoxy) is 1. The molecule has 1 rings (SSSR count). The van der Waals surface area contributed by atoms with Gasteiger partial charge in [0.2, 0.25) is 0 Å². The monoisotopic (exact) mass is 290 g/mol. The van der Waals surface area contributed by atoms with E-state index < -0.39 is 18.2 Å². The molecule has 0 amide bonds. The average molecular weight is 290 g/mol. The molecule has 5 heteroatoms. The summed E-state index contributed by atoms with van der Waals surface area (Å²) < 4.78 is 44.9. The van der Waals surface area contributed by atoms with E-state index in [1.165, 1.54) is 13.0 Å². The van der Waals surface area contributed by atoms with E-state index in [2.05, 4.69) is 0 Å². The SMILES string of the molecule is CCCOc1cc(C)c(C(O)(CC)C(F)(F)F)cc1C. The molecule has 0 bridgehead atoms. The molecule has 0 aliphatic heterocycles. The van der Waals surface area contributed by atoms with Gasteiger partial charge in [0, 0.05) is 0 Å². The first kappa shape index (κ1) is 16.8. The molecule has 0 spiro atoms. The smallest absolute Gasteiger partial charge is 0.421 e. The van der Waals surface area contributed by atoms with E-state index in [9.17, 15) is 18.3 Å². The van der Waals surface area contributed by atoms with Crippen LogP contribution in [0.4, 0.5) is 13.2 Å². The van der Waals surface area contributed by atoms with E-state index in [0.717, 1.165) is 6.42 Å². The molecule has 0 radical (unpaired) electrons. The third-order valence-corrected chi connectivity index (χ3v) is 3.41. The molecule has 0 aliphatic rings. The fourth-order valence-corrected chi connectivity index (χ4v) is 2.15. The maximum absolute atomic E-state index is 13.1. The molecule has 1 atom stereocenters. The quantitative estimate of drug-likeness (QED) is 0.878. The zero-order valence-corrected chi connectivity index (χ0v) is 12.3. The van der Waals surface area contributed by atoms with Crippen LogP contribution in [0.25, 0.3) is 0 Å². The van der Waals surface area contributed by atoms with Crippen molar-refractivity contribution in [1.29, 1.82) is 0 Å². The van der Waals surface area contributed by atoms with Crippen molar-refractivity contribution in [1.82, 2.24) is 0 Å². The van der Waals surface area contributed by atoms with E-state index >= 15 is 0 Å². The Labute approximate surface area is 117 Å². The lowest BCUT2D eigenvalue weighted by atomic mass is 9.86. The number of aryl methyl sites for hydroxylation is 2. The Balaban J connectivity index is 3.30. The Kier molecular flexibility index (Phi) is 5.08. The standard InChI is InChI=1S/C15H21F3O2/c1-5-7-20-13-9-10(3)12(8-11(13)4)14(19,6-2)15(16,17)18/h8-9,19H,5-7H2,1-4H3. The lowest BCUT2D eigenvalue weighted by Crippen LogP contribution is -2.42. The molecule has 0 aromatic heterocycles. The minimum Gasteiger partial charge on any atom is -0.493 e. The van der Waals surface area contributed by atoms with Gasteiger partial charge in [-0.05, 0) is 55.5 Å². The topological polar surface area (TPSA) is 29.5 Å². The fourth-order valence-electron chi connectivity index (χ4n) is 2.15. The summed E-state index contributed by atoms with van der Waals surface area (Å²) in [6, 6.07) is 2.93. The van der Waals surface area contributed by atoms with Crippen LogP contribution in [0.3, 0.4) is 0 Å². The van der Waals surface area contributed by atoms with Gasteiger partial charge in [-0.15, -0.1) is 0 Å². The van der Waals surface area contributed by atoms with E-state index in [4.69, 9.17) is 4.74 Å². The second-order valence-electron chi connectivity index (χ2n) is 4.99. The largest absolute Gasteiger partial charge is 0.493 e. The van der Waals surface area contributed by atoms with Crippen molar-refractivity contribution >= 4 is 0 Å². The van der Waals surface area contributed by atoms with Gasteiger partial charge in [-0.1, -0.05) is 13.8 Å². The number of benzene rings is 1. The summed E-state index contributed by atoms with van der Waals surface area (Å²) in [6.45, 7) is 7.02. The number of halogens is 3. The molecular weight excluding hydrogens is 269 g/mol. The highest BCUT2D eigenvalue weighted by Crippen LogP contribution is 2.43. The van der Waals surface area contributed by atoms with Crippen LogP contribution in [0, 0.1) is 13.8 Å². The molecule has 1 aromatic carbocycles. The lowest BCUT2D eigenvalue weighted by Gasteiger charge is -2.31. The molecular formula is C15H21F3O2. The molecule has 1 aromatic rings. The minimum atomic E-state index is -4.70. The predicted octanol–water partition coefficient (Wildman–Crippen LogP) is 4.25. The molecule has 0 heterocycles. The van der Waals surface area contributed by atoms with Gasteiger partial charge < -0.3 is 9.84 Å². The normalized spacial score (nSPS) is 15.0. The molecule has 114 valence electrons. The molecule has 20 heavy (non-hydrogen) atoms. The molecule has 0 aliphatic carbocycles. The summed E-state index contributed by atoms with van der Waals surface area (Å²) in [7, 11) is 0. The highest BCUT2D eigenvalue weighted by atomic mass is 19.4. The number of hydrogen-bond acceptors (Lipinski definition) is 2. The van der Waals surface area contributed by atoms with Crippen molar-refractivity contribution in [3.63, 3.8) is 0 Å². The van der Waals surface area contributed by atoms with Gasteiger partial charge in [-0.25, -0.2) is 0 Å². The number of alkyl halides is 3. The van der Waals surface area contributed by atoms with Gasteiger partial charge >= 0.3 is 6.18 Å². The van der Waals surface area contributed by atoms with Crippen LogP contribution in [-0.2, 0) is 5.60 Å². The summed E-state index contributed by atoms with van der Waals surface area (Å²) >= 11 is 0. The highest BCUT2D eigenvalue weighted by molar-refractivity contribution is 5.44. The molecule has 1 N–H and O–H groups in total. The first-order valence-corrected chi connectivity index (χ1v) is 6.71. The van der Waals surface area contributed by atoms with Crippen molar-refractivity contribution < 1.29 is 23.0 Å². The zero-order valence-electron chi connectivity index (χ0n) is 12.3. The van der Waals surface area contributed by atoms with Crippen LogP contribution < -0.4 is 4.74 Å². The third kappa shape index (κ3) is 3.08. The highest BCUT2D eigenvalue weighted by Gasteiger charge is 2.54. The number of rotatable bonds is 5. The maximum atomic E-state index is 13.1. The molecule has 0 fully saturated rings. The Hall–Kier alpha value is -1.23. The number of aliphatic hydroxyl groups is 1. The van der Waals surface area contributed by atoms with E-state index in [-0.39, 0.29) is 5.56 Å². The zero-order chi connectivity index (χ0) is 15.6. The van der Waals surface area contributed by atoms with Crippen LogP contribution in [0.5, 0.6) is 5.75 Å². The Morgan fingerprint density at radius 2 is 1.70 bits per heavy atom. The van der Waals surface area contributed by atoms with Gasteiger partial charge in [0.05, 0.1) is 6.61 Å². The van der Waals surface area contributed by atoms with Crippen LogP contribution in [-0.4, -0.2) is 17.9 Å². The maximum Gasteiger partial charge on any atom is 0.421 e. The van der Waals surface area contributed by atoms with Gasteiger partial charge in [-0.2, -0.15) is 13.2 Å². The van der Waals surface area contributed by atoms with Crippen LogP contribution in [0.1, 0.15) is 43.4 Å². The summed E-state index contributed by atoms with van der Waals surface area (Å²) in [5.41, 5.74) is -1.95. The minimum absolute atomic E-state index is 0.103. The molecule has 2 nitrogen and oxygen atoms in total. The van der Waals surface area contributed by atoms with Crippen LogP contribution in [0.2, 0.25) is 0 Å². The molecule has 0 saturated carbocycles. The second-order valence-corrected chi connectivity index (χ2v) is 4.99. The number of hydrogen-bond donors (Lipinski definition) is 1. The third-order valence-electron chi connectivity index (χ3n) is 3.41. The first-order chi connectivity index (χ1) is 9.17. The fraction of sp³-hybridized carbons (Fsp3) is 0.600. The predicted molar refractivity (Wildman–Crippen MR) is 71.9 cm³/mol. The lowest BCUT2D eigenvalue weighted by molar-refractivity contribution is -0.268. The van der Waals surface area contributed by atoms with Gasteiger partial charge in [0.25, 0.3) is 0 Å². The van der Waals surface area contributed by atoms with Crippen molar-refractivity contribution in [2.75, 3.05) is 6.61 Å². The summed E-state index contributed by atoms with van der Waals surface area (Å²) in [5, 5.41) is 10.0. The summed E-state index contributed by atoms with van der Waals surface area (Å²) in [6.07, 6.45) is -4.31. The van der Waals surface area contributed by atoms with Crippen molar-refractivity contribution in [2.24, 2.45) is 0 Å². The molecule has 0 saturated heterocycles. The Bertz CT molecular complexity index is 469. The van der Waals surface area contributed by atoms with Crippen molar-refractivity contribution in [3.05, 3.63) is 28.8 Å². The van der Waals surface area contributed by atoms with Crippen LogP contribution in [0.15, 0.2) is 12.1 Å². The summed E-state index contributed by atoms with van der Waals surface area (Å²) in [4.78, 5) is 0. The van der Waals surface area contributed by atoms with Crippen LogP contribution >= 0.6 is 0 Å². The second kappa shape index (κ2) is 6.04. The first-order valence-electron chi connectivity index (χ1n) is 6.71. The van der Waals surface area contributed by atoms with Crippen molar-refractivity contribution in [3.8, 4) is 5.75 Å². The van der Waals surface area contributed by atoms with Gasteiger partial charge in [0.15, 0.2) is 5.60 Å². The van der Waals surface area contributed by atoms with Gasteiger partial charge in [-0.3, -0.25) is 0 Å². The Morgan fingerprint density at radius 3 is 2.15 bits per heavy atom. The summed E-state index contributed by atoms with van der Waals surface area (Å²) in [5.74, 6) is 0.564. The van der Waals surface area contributed by atoms with Gasteiger partial charge in [0.1, 0.15) is 5.75 Å². The van der Waals surface area contributed by atoms with E-state index in [0.29, 0.717) is 23.5 Å². The average Bonchev–Trinajstić information content (AvgIpc) is 2.37. The van der Waals surface area contributed by atoms with Crippen molar-refractivity contribution in [2.45, 2.75) is 52.3 Å². The Morgan fingerprint density at radius 1 is 1.10 bits per heavy atom. The van der Waals surface area contributed by atoms with E-state index in [1.54, 1.807) is 19.9 Å². The molecule has 1 unspecified atom stereocenters. The van der Waals surface area contributed by atoms with E-state index in [1.807, 2.05) is 6.92 Å².